The molecule has 0 saturated carbocycles. The van der Waals surface area contributed by atoms with Gasteiger partial charge in [0.25, 0.3) is 0 Å². The van der Waals surface area contributed by atoms with Crippen LogP contribution < -0.4 is 5.32 Å². The molecule has 0 radical (unpaired) electrons. The summed E-state index contributed by atoms with van der Waals surface area (Å²) < 4.78 is 0. The zero-order valence-corrected chi connectivity index (χ0v) is 6.54. The molecule has 3 heteroatoms. The van der Waals surface area contributed by atoms with Crippen LogP contribution in [-0.4, -0.2) is 17.1 Å². The summed E-state index contributed by atoms with van der Waals surface area (Å²) in [6.07, 6.45) is 3.42. The fourth-order valence-electron chi connectivity index (χ4n) is 0.961. The van der Waals surface area contributed by atoms with E-state index in [0.29, 0.717) is 0 Å². The van der Waals surface area contributed by atoms with Gasteiger partial charge in [-0.15, -0.1) is 0 Å². The van der Waals surface area contributed by atoms with Crippen molar-refractivity contribution >= 4 is 0 Å². The number of aliphatic hydroxyl groups is 1. The van der Waals surface area contributed by atoms with E-state index in [4.69, 9.17) is 5.11 Å². The lowest BCUT2D eigenvalue weighted by Gasteiger charge is -2.04. The van der Waals surface area contributed by atoms with Crippen LogP contribution in [0.4, 0.5) is 0 Å². The van der Waals surface area contributed by atoms with Gasteiger partial charge < -0.3 is 10.4 Å². The molecule has 0 spiro atoms. The van der Waals surface area contributed by atoms with Gasteiger partial charge in [0, 0.05) is 24.5 Å². The monoisotopic (exact) mass is 152 g/mol. The highest BCUT2D eigenvalue weighted by atomic mass is 16.3. The minimum Gasteiger partial charge on any atom is -0.392 e. The van der Waals surface area contributed by atoms with Crippen LogP contribution in [0.25, 0.3) is 0 Å². The number of aliphatic hydroxyl groups excluding tert-OH is 1. The molecule has 1 aromatic heterocycles. The lowest BCUT2D eigenvalue weighted by molar-refractivity contribution is 0.280. The van der Waals surface area contributed by atoms with Crippen molar-refractivity contribution in [2.45, 2.75) is 13.2 Å². The molecule has 0 aliphatic rings. The van der Waals surface area contributed by atoms with Crippen molar-refractivity contribution in [3.8, 4) is 0 Å². The van der Waals surface area contributed by atoms with Crippen LogP contribution in [-0.2, 0) is 13.2 Å². The molecule has 0 unspecified atom stereocenters. The van der Waals surface area contributed by atoms with E-state index in [2.05, 4.69) is 10.3 Å². The Bertz CT molecular complexity index is 225. The number of aromatic nitrogens is 1. The van der Waals surface area contributed by atoms with E-state index in [-0.39, 0.29) is 6.61 Å². The predicted octanol–water partition coefficient (Wildman–Crippen LogP) is 0.293. The quantitative estimate of drug-likeness (QED) is 0.654. The molecule has 0 fully saturated rings. The molecule has 1 aromatic rings. The van der Waals surface area contributed by atoms with E-state index in [9.17, 15) is 0 Å². The van der Waals surface area contributed by atoms with Crippen molar-refractivity contribution in [1.82, 2.24) is 10.3 Å². The van der Waals surface area contributed by atoms with Gasteiger partial charge in [0.2, 0.25) is 0 Å². The van der Waals surface area contributed by atoms with Crippen LogP contribution in [0.5, 0.6) is 0 Å². The first kappa shape index (κ1) is 8.17. The third-order valence-electron chi connectivity index (χ3n) is 1.54. The van der Waals surface area contributed by atoms with Crippen molar-refractivity contribution in [2.75, 3.05) is 7.05 Å². The first-order valence-electron chi connectivity index (χ1n) is 3.55. The lowest BCUT2D eigenvalue weighted by Crippen LogP contribution is -2.07. The summed E-state index contributed by atoms with van der Waals surface area (Å²) in [4.78, 5) is 3.91. The van der Waals surface area contributed by atoms with Crippen molar-refractivity contribution < 1.29 is 5.11 Å². The van der Waals surface area contributed by atoms with Crippen molar-refractivity contribution in [1.29, 1.82) is 0 Å². The fraction of sp³-hybridized carbons (Fsp3) is 0.375. The summed E-state index contributed by atoms with van der Waals surface area (Å²) in [6, 6.07) is 1.90. The smallest absolute Gasteiger partial charge is 0.0700 e. The predicted molar refractivity (Wildman–Crippen MR) is 42.9 cm³/mol. The Labute approximate surface area is 66.1 Å². The minimum absolute atomic E-state index is 0.0604. The molecule has 2 N–H and O–H groups in total. The summed E-state index contributed by atoms with van der Waals surface area (Å²) in [5.74, 6) is 0. The third kappa shape index (κ3) is 2.00. The molecular formula is C8H12N2O. The number of rotatable bonds is 3. The molecule has 3 nitrogen and oxygen atoms in total. The Hall–Kier alpha value is -0.930. The summed E-state index contributed by atoms with van der Waals surface area (Å²) in [7, 11) is 1.88. The number of hydrogen-bond acceptors (Lipinski definition) is 3. The topological polar surface area (TPSA) is 45.2 Å². The molecule has 60 valence electrons. The van der Waals surface area contributed by atoms with E-state index >= 15 is 0 Å². The second kappa shape index (κ2) is 4.05. The maximum Gasteiger partial charge on any atom is 0.0700 e. The van der Waals surface area contributed by atoms with Crippen LogP contribution in [0.3, 0.4) is 0 Å². The van der Waals surface area contributed by atoms with E-state index in [1.165, 1.54) is 0 Å². The maximum atomic E-state index is 8.88. The molecule has 0 aliphatic heterocycles. The Morgan fingerprint density at radius 2 is 2.36 bits per heavy atom. The highest BCUT2D eigenvalue weighted by Gasteiger charge is 1.97. The van der Waals surface area contributed by atoms with Gasteiger partial charge in [-0.2, -0.15) is 0 Å². The number of pyridine rings is 1. The normalized spacial score (nSPS) is 10.0. The molecule has 0 aromatic carbocycles. The number of nitrogens with zero attached hydrogens (tertiary/aromatic N) is 1. The number of nitrogens with one attached hydrogen (secondary N) is 1. The zero-order chi connectivity index (χ0) is 8.10. The fourth-order valence-corrected chi connectivity index (χ4v) is 0.961. The Balaban J connectivity index is 2.83. The van der Waals surface area contributed by atoms with Crippen molar-refractivity contribution in [2.24, 2.45) is 0 Å². The first-order chi connectivity index (χ1) is 5.38. The van der Waals surface area contributed by atoms with Crippen LogP contribution in [0.15, 0.2) is 18.5 Å². The second-order valence-corrected chi connectivity index (χ2v) is 2.33. The van der Waals surface area contributed by atoms with Crippen LogP contribution in [0, 0.1) is 0 Å². The Morgan fingerprint density at radius 1 is 1.55 bits per heavy atom. The van der Waals surface area contributed by atoms with Gasteiger partial charge in [-0.1, -0.05) is 0 Å². The van der Waals surface area contributed by atoms with Crippen molar-refractivity contribution in [3.63, 3.8) is 0 Å². The third-order valence-corrected chi connectivity index (χ3v) is 1.54. The summed E-state index contributed by atoms with van der Waals surface area (Å²) in [5, 5.41) is 11.9. The van der Waals surface area contributed by atoms with Crippen LogP contribution in [0.1, 0.15) is 11.1 Å². The lowest BCUT2D eigenvalue weighted by atomic mass is 10.1. The van der Waals surface area contributed by atoms with Crippen molar-refractivity contribution in [3.05, 3.63) is 29.6 Å². The molecule has 1 heterocycles. The van der Waals surface area contributed by atoms with Gasteiger partial charge in [0.05, 0.1) is 6.61 Å². The molecule has 0 amide bonds. The number of hydrogen-bond donors (Lipinski definition) is 2. The average molecular weight is 152 g/mol. The molecule has 0 saturated heterocycles. The minimum atomic E-state index is 0.0604. The van der Waals surface area contributed by atoms with Gasteiger partial charge in [-0.05, 0) is 18.7 Å². The van der Waals surface area contributed by atoms with Crippen LogP contribution in [0.2, 0.25) is 0 Å². The Morgan fingerprint density at radius 3 is 3.00 bits per heavy atom. The highest BCUT2D eigenvalue weighted by molar-refractivity contribution is 5.21. The molecular weight excluding hydrogens is 140 g/mol. The summed E-state index contributed by atoms with van der Waals surface area (Å²) >= 11 is 0. The summed E-state index contributed by atoms with van der Waals surface area (Å²) in [5.41, 5.74) is 1.99. The molecule has 0 bridgehead atoms. The standard InChI is InChI=1S/C8H12N2O/c1-9-4-7-2-3-10-5-8(7)6-11/h2-3,5,9,11H,4,6H2,1H3. The molecule has 0 aliphatic carbocycles. The maximum absolute atomic E-state index is 8.88. The Kier molecular flexibility index (Phi) is 3.01. The largest absolute Gasteiger partial charge is 0.392 e. The second-order valence-electron chi connectivity index (χ2n) is 2.33. The summed E-state index contributed by atoms with van der Waals surface area (Å²) in [6.45, 7) is 0.837. The van der Waals surface area contributed by atoms with Gasteiger partial charge in [-0.3, -0.25) is 4.98 Å². The SMILES string of the molecule is CNCc1ccncc1CO. The molecule has 11 heavy (non-hydrogen) atoms. The molecule has 0 atom stereocenters. The zero-order valence-electron chi connectivity index (χ0n) is 6.54. The van der Waals surface area contributed by atoms with E-state index in [0.717, 1.165) is 17.7 Å². The van der Waals surface area contributed by atoms with E-state index < -0.39 is 0 Å². The van der Waals surface area contributed by atoms with Crippen LogP contribution >= 0.6 is 0 Å². The van der Waals surface area contributed by atoms with Gasteiger partial charge in [0.1, 0.15) is 0 Å². The van der Waals surface area contributed by atoms with Gasteiger partial charge in [0.15, 0.2) is 0 Å². The van der Waals surface area contributed by atoms with Gasteiger partial charge >= 0.3 is 0 Å². The van der Waals surface area contributed by atoms with Gasteiger partial charge in [-0.25, -0.2) is 0 Å². The van der Waals surface area contributed by atoms with E-state index in [1.54, 1.807) is 12.4 Å². The average Bonchev–Trinajstić information content (AvgIpc) is 2.06. The highest BCUT2D eigenvalue weighted by Crippen LogP contribution is 2.05. The van der Waals surface area contributed by atoms with E-state index in [1.807, 2.05) is 13.1 Å². The first-order valence-corrected chi connectivity index (χ1v) is 3.55. The molecule has 1 rings (SSSR count).